The number of hydrogen-bond donors (Lipinski definition) is 1. The normalized spacial score (nSPS) is 11.8. The molecule has 2 aromatic carbocycles. The lowest BCUT2D eigenvalue weighted by Gasteiger charge is -2.11. The van der Waals surface area contributed by atoms with Crippen LogP contribution in [0.4, 0.5) is 0 Å². The Morgan fingerprint density at radius 1 is 1.11 bits per heavy atom. The summed E-state index contributed by atoms with van der Waals surface area (Å²) in [5, 5.41) is 3.30. The number of carbonyl (C=O) groups excluding carboxylic acids is 2. The van der Waals surface area contributed by atoms with Crippen molar-refractivity contribution in [3.05, 3.63) is 75.6 Å². The second kappa shape index (κ2) is 8.08. The van der Waals surface area contributed by atoms with Gasteiger partial charge in [-0.1, -0.05) is 25.1 Å². The summed E-state index contributed by atoms with van der Waals surface area (Å²) >= 11 is 0. The van der Waals surface area contributed by atoms with E-state index in [1.54, 1.807) is 24.3 Å². The molecule has 1 heterocycles. The van der Waals surface area contributed by atoms with E-state index < -0.39 is 17.5 Å². The number of esters is 1. The molecule has 1 amide bonds. The van der Waals surface area contributed by atoms with Gasteiger partial charge in [-0.2, -0.15) is 0 Å². The Kier molecular flexibility index (Phi) is 5.59. The summed E-state index contributed by atoms with van der Waals surface area (Å²) < 4.78 is 10.7. The minimum atomic E-state index is -0.740. The molecule has 0 spiro atoms. The summed E-state index contributed by atoms with van der Waals surface area (Å²) in [5.74, 6) is -0.717. The maximum atomic E-state index is 12.3. The number of ether oxygens (including phenoxy) is 1. The Morgan fingerprint density at radius 3 is 2.57 bits per heavy atom. The first-order chi connectivity index (χ1) is 13.4. The highest BCUT2D eigenvalue weighted by Gasteiger charge is 2.16. The van der Waals surface area contributed by atoms with Crippen molar-refractivity contribution in [1.82, 2.24) is 5.32 Å². The number of benzene rings is 2. The molecule has 1 aromatic heterocycles. The van der Waals surface area contributed by atoms with Gasteiger partial charge in [-0.25, -0.2) is 9.59 Å². The Hall–Kier alpha value is -3.41. The number of aryl methyl sites for hydroxylation is 1. The molecule has 0 radical (unpaired) electrons. The van der Waals surface area contributed by atoms with Crippen LogP contribution in [0.5, 0.6) is 5.75 Å². The predicted molar refractivity (Wildman–Crippen MR) is 106 cm³/mol. The van der Waals surface area contributed by atoms with Gasteiger partial charge in [0, 0.05) is 17.5 Å². The fraction of sp³-hybridized carbons (Fsp3) is 0.227. The van der Waals surface area contributed by atoms with Crippen molar-refractivity contribution >= 4 is 22.8 Å². The minimum Gasteiger partial charge on any atom is -0.423 e. The van der Waals surface area contributed by atoms with Crippen LogP contribution >= 0.6 is 0 Å². The molecule has 0 aliphatic heterocycles. The van der Waals surface area contributed by atoms with Gasteiger partial charge in [-0.3, -0.25) is 4.79 Å². The van der Waals surface area contributed by atoms with Crippen molar-refractivity contribution in [3.63, 3.8) is 0 Å². The Labute approximate surface area is 162 Å². The number of fused-ring (bicyclic) bond motifs is 1. The largest absolute Gasteiger partial charge is 0.423 e. The van der Waals surface area contributed by atoms with Gasteiger partial charge < -0.3 is 14.5 Å². The van der Waals surface area contributed by atoms with Crippen molar-refractivity contribution in [2.24, 2.45) is 0 Å². The monoisotopic (exact) mass is 379 g/mol. The molecule has 3 aromatic rings. The fourth-order valence-electron chi connectivity index (χ4n) is 2.68. The van der Waals surface area contributed by atoms with Crippen LogP contribution in [0.25, 0.3) is 11.0 Å². The molecule has 0 saturated heterocycles. The third kappa shape index (κ3) is 4.11. The summed E-state index contributed by atoms with van der Waals surface area (Å²) in [4.78, 5) is 36.8. The van der Waals surface area contributed by atoms with Gasteiger partial charge in [0.1, 0.15) is 16.9 Å². The zero-order valence-corrected chi connectivity index (χ0v) is 15.9. The molecule has 3 rings (SSSR count). The molecule has 0 bridgehead atoms. The van der Waals surface area contributed by atoms with Crippen molar-refractivity contribution in [2.75, 3.05) is 0 Å². The van der Waals surface area contributed by atoms with Gasteiger partial charge in [-0.05, 0) is 50.1 Å². The van der Waals surface area contributed by atoms with E-state index in [1.165, 1.54) is 12.1 Å². The molecule has 28 heavy (non-hydrogen) atoms. The lowest BCUT2D eigenvalue weighted by molar-refractivity contribution is 0.0734. The lowest BCUT2D eigenvalue weighted by atomic mass is 10.1. The maximum absolute atomic E-state index is 12.3. The van der Waals surface area contributed by atoms with Crippen LogP contribution < -0.4 is 15.7 Å². The zero-order chi connectivity index (χ0) is 20.3. The first-order valence-corrected chi connectivity index (χ1v) is 9.05. The van der Waals surface area contributed by atoms with Gasteiger partial charge in [0.05, 0.1) is 5.56 Å². The Balaban J connectivity index is 1.87. The van der Waals surface area contributed by atoms with Crippen LogP contribution in [0.3, 0.4) is 0 Å². The Morgan fingerprint density at radius 2 is 1.86 bits per heavy atom. The number of amides is 1. The topological polar surface area (TPSA) is 85.6 Å². The van der Waals surface area contributed by atoms with Gasteiger partial charge >= 0.3 is 11.6 Å². The third-order valence-electron chi connectivity index (χ3n) is 4.52. The van der Waals surface area contributed by atoms with Crippen LogP contribution in [0.1, 0.15) is 46.5 Å². The van der Waals surface area contributed by atoms with E-state index >= 15 is 0 Å². The van der Waals surface area contributed by atoms with E-state index in [0.29, 0.717) is 10.9 Å². The van der Waals surface area contributed by atoms with Crippen molar-refractivity contribution in [2.45, 2.75) is 33.2 Å². The van der Waals surface area contributed by atoms with Crippen molar-refractivity contribution < 1.29 is 18.7 Å². The minimum absolute atomic E-state index is 0.0502. The Bertz CT molecular complexity index is 1100. The molecule has 1 N–H and O–H groups in total. The van der Waals surface area contributed by atoms with Crippen LogP contribution in [-0.4, -0.2) is 17.9 Å². The van der Waals surface area contributed by atoms with Gasteiger partial charge in [0.15, 0.2) is 0 Å². The smallest absolute Gasteiger partial charge is 0.349 e. The third-order valence-corrected chi connectivity index (χ3v) is 4.52. The highest BCUT2D eigenvalue weighted by molar-refractivity contribution is 5.97. The maximum Gasteiger partial charge on any atom is 0.349 e. The average Bonchev–Trinajstić information content (AvgIpc) is 2.67. The van der Waals surface area contributed by atoms with Gasteiger partial charge in [-0.15, -0.1) is 0 Å². The number of rotatable bonds is 5. The van der Waals surface area contributed by atoms with Crippen molar-refractivity contribution in [1.29, 1.82) is 0 Å². The molecule has 6 heteroatoms. The van der Waals surface area contributed by atoms with E-state index in [1.807, 2.05) is 32.9 Å². The first-order valence-electron chi connectivity index (χ1n) is 9.05. The van der Waals surface area contributed by atoms with Crippen LogP contribution in [0.2, 0.25) is 0 Å². The van der Waals surface area contributed by atoms with E-state index in [2.05, 4.69) is 5.32 Å². The number of hydrogen-bond acceptors (Lipinski definition) is 5. The summed E-state index contributed by atoms with van der Waals surface area (Å²) in [6.07, 6.45) is 0.750. The van der Waals surface area contributed by atoms with E-state index in [-0.39, 0.29) is 22.9 Å². The van der Waals surface area contributed by atoms with E-state index in [4.69, 9.17) is 9.15 Å². The number of carbonyl (C=O) groups is 2. The molecule has 0 fully saturated rings. The molecular formula is C22H21NO5. The fourth-order valence-corrected chi connectivity index (χ4v) is 2.68. The molecule has 0 saturated carbocycles. The van der Waals surface area contributed by atoms with Crippen LogP contribution in [0.15, 0.2) is 57.7 Å². The summed E-state index contributed by atoms with van der Waals surface area (Å²) in [7, 11) is 0. The highest BCUT2D eigenvalue weighted by Crippen LogP contribution is 2.22. The van der Waals surface area contributed by atoms with E-state index in [9.17, 15) is 14.4 Å². The molecule has 6 nitrogen and oxygen atoms in total. The first kappa shape index (κ1) is 19.4. The predicted octanol–water partition coefficient (Wildman–Crippen LogP) is 3.85. The van der Waals surface area contributed by atoms with Gasteiger partial charge in [0.2, 0.25) is 0 Å². The molecule has 1 atom stereocenters. The molecule has 144 valence electrons. The second-order valence-electron chi connectivity index (χ2n) is 6.63. The van der Waals surface area contributed by atoms with Crippen LogP contribution in [0, 0.1) is 6.92 Å². The summed E-state index contributed by atoms with van der Waals surface area (Å²) in [6.45, 7) is 5.62. The average molecular weight is 379 g/mol. The second-order valence-corrected chi connectivity index (χ2v) is 6.63. The number of nitrogens with one attached hydrogen (secondary N) is 1. The zero-order valence-electron chi connectivity index (χ0n) is 15.9. The molecular weight excluding hydrogens is 358 g/mol. The van der Waals surface area contributed by atoms with E-state index in [0.717, 1.165) is 12.0 Å². The molecule has 0 aliphatic rings. The highest BCUT2D eigenvalue weighted by atomic mass is 16.5. The van der Waals surface area contributed by atoms with Crippen LogP contribution in [-0.2, 0) is 0 Å². The quantitative estimate of drug-likeness (QED) is 0.413. The summed E-state index contributed by atoms with van der Waals surface area (Å²) in [5.41, 5.74) is 0.700. The van der Waals surface area contributed by atoms with Gasteiger partial charge in [0.25, 0.3) is 5.91 Å². The van der Waals surface area contributed by atoms with Crippen molar-refractivity contribution in [3.8, 4) is 5.75 Å². The molecule has 0 aliphatic carbocycles. The SMILES string of the molecule is CCC(C)NC(=O)c1cc2ccc(OC(=O)c3ccccc3C)cc2oc1=O. The molecule has 1 unspecified atom stereocenters. The standard InChI is InChI=1S/C22H21NO5/c1-4-14(3)23-20(24)18-11-15-9-10-16(12-19(15)28-22(18)26)27-21(25)17-8-6-5-7-13(17)2/h5-12,14H,4H2,1-3H3,(H,23,24). The lowest BCUT2D eigenvalue weighted by Crippen LogP contribution is -2.34. The summed E-state index contributed by atoms with van der Waals surface area (Å²) in [6, 6.07) is 13.2.